The van der Waals surface area contributed by atoms with E-state index in [-0.39, 0.29) is 5.69 Å². The second-order valence-corrected chi connectivity index (χ2v) is 8.89. The van der Waals surface area contributed by atoms with Gasteiger partial charge >= 0.3 is 0 Å². The molecule has 1 N–H and O–H groups in total. The number of benzene rings is 2. The average Bonchev–Trinajstić information content (AvgIpc) is 3.27. The van der Waals surface area contributed by atoms with Crippen molar-refractivity contribution in [3.63, 3.8) is 0 Å². The minimum Gasteiger partial charge on any atom is -0.366 e. The number of nitro benzene ring substituents is 1. The van der Waals surface area contributed by atoms with E-state index in [1.54, 1.807) is 6.07 Å². The second-order valence-electron chi connectivity index (χ2n) is 8.89. The highest BCUT2D eigenvalue weighted by molar-refractivity contribution is 5.79. The first-order chi connectivity index (χ1) is 16.0. The summed E-state index contributed by atoms with van der Waals surface area (Å²) in [5.74, 6) is 0.320. The number of fused-ring (bicyclic) bond motifs is 4. The van der Waals surface area contributed by atoms with Crippen LogP contribution in [0.15, 0.2) is 52.7 Å². The number of likely N-dealkylation sites (N-methyl/N-ethyl adjacent to an activating group) is 1. The molecule has 0 saturated carbocycles. The third kappa shape index (κ3) is 4.57. The molecule has 3 fully saturated rings. The molecule has 10 heteroatoms. The van der Waals surface area contributed by atoms with Gasteiger partial charge in [-0.05, 0) is 37.3 Å². The Bertz CT molecular complexity index is 1150. The first-order valence-corrected chi connectivity index (χ1v) is 11.5. The summed E-state index contributed by atoms with van der Waals surface area (Å²) < 4.78 is 1.26. The predicted molar refractivity (Wildman–Crippen MR) is 127 cm³/mol. The van der Waals surface area contributed by atoms with Crippen LogP contribution < -0.4 is 4.90 Å². The maximum Gasteiger partial charge on any atom is 0.271 e. The van der Waals surface area contributed by atoms with E-state index in [1.165, 1.54) is 68.1 Å². The summed E-state index contributed by atoms with van der Waals surface area (Å²) in [5, 5.41) is 19.4. The number of aromatic amines is 1. The van der Waals surface area contributed by atoms with Gasteiger partial charge in [0, 0.05) is 44.0 Å². The molecule has 4 heterocycles. The Morgan fingerprint density at radius 2 is 1.85 bits per heavy atom. The number of H-pyrrole nitrogens is 1. The number of azo groups is 1. The van der Waals surface area contributed by atoms with Crippen LogP contribution in [0.5, 0.6) is 0 Å². The van der Waals surface area contributed by atoms with Crippen LogP contribution in [0.25, 0.3) is 11.0 Å². The van der Waals surface area contributed by atoms with E-state index in [2.05, 4.69) is 49.1 Å². The van der Waals surface area contributed by atoms with Gasteiger partial charge in [0.15, 0.2) is 0 Å². The summed E-state index contributed by atoms with van der Waals surface area (Å²) in [5.41, 5.74) is 3.11. The molecule has 1 aromatic heterocycles. The molecule has 0 unspecified atom stereocenters. The normalized spacial score (nSPS) is 22.3. The molecule has 2 bridgehead atoms. The third-order valence-corrected chi connectivity index (χ3v) is 7.04. The molecule has 10 nitrogen and oxygen atoms in total. The number of non-ortho nitro benzene ring substituents is 1. The maximum absolute atomic E-state index is 10.9. The molecule has 33 heavy (non-hydrogen) atoms. The van der Waals surface area contributed by atoms with E-state index in [0.29, 0.717) is 17.0 Å². The SMILES string of the molecule is CCN(CC[N+]12CCN(CC1)CC2)c1ccc(N=Nc2nc3cc([N+](=O)[O-])ccc3[nH]2)cc1. The Labute approximate surface area is 192 Å². The van der Waals surface area contributed by atoms with E-state index in [1.807, 2.05) is 12.1 Å². The Hall–Kier alpha value is -3.37. The van der Waals surface area contributed by atoms with Crippen molar-refractivity contribution in [2.75, 3.05) is 63.8 Å². The lowest BCUT2D eigenvalue weighted by atomic mass is 10.1. The van der Waals surface area contributed by atoms with E-state index >= 15 is 0 Å². The topological polar surface area (TPSA) is 103 Å². The summed E-state index contributed by atoms with van der Waals surface area (Å²) >= 11 is 0. The number of imidazole rings is 1. The van der Waals surface area contributed by atoms with Crippen molar-refractivity contribution in [2.24, 2.45) is 10.2 Å². The fourth-order valence-corrected chi connectivity index (χ4v) is 4.85. The van der Waals surface area contributed by atoms with Gasteiger partial charge in [-0.15, -0.1) is 10.2 Å². The zero-order chi connectivity index (χ0) is 22.8. The summed E-state index contributed by atoms with van der Waals surface area (Å²) in [7, 11) is 0. The zero-order valence-corrected chi connectivity index (χ0v) is 18.9. The van der Waals surface area contributed by atoms with Crippen molar-refractivity contribution in [3.8, 4) is 0 Å². The molecular formula is C23H29N8O2+. The Morgan fingerprint density at radius 1 is 1.12 bits per heavy atom. The fourth-order valence-electron chi connectivity index (χ4n) is 4.85. The number of piperazine rings is 3. The zero-order valence-electron chi connectivity index (χ0n) is 18.9. The molecule has 3 aliphatic heterocycles. The van der Waals surface area contributed by atoms with Crippen LogP contribution in [0.1, 0.15) is 6.92 Å². The molecule has 172 valence electrons. The van der Waals surface area contributed by atoms with Crippen LogP contribution in [0.3, 0.4) is 0 Å². The first-order valence-electron chi connectivity index (χ1n) is 11.5. The first kappa shape index (κ1) is 21.5. The van der Waals surface area contributed by atoms with Gasteiger partial charge in [0.05, 0.1) is 54.4 Å². The van der Waals surface area contributed by atoms with Crippen LogP contribution in [0, 0.1) is 10.1 Å². The maximum atomic E-state index is 10.9. The second kappa shape index (κ2) is 8.87. The molecule has 3 saturated heterocycles. The van der Waals surface area contributed by atoms with E-state index < -0.39 is 4.92 Å². The lowest BCUT2D eigenvalue weighted by molar-refractivity contribution is -0.939. The van der Waals surface area contributed by atoms with Gasteiger partial charge in [-0.2, -0.15) is 0 Å². The van der Waals surface area contributed by atoms with Crippen LogP contribution in [0.2, 0.25) is 0 Å². The highest BCUT2D eigenvalue weighted by Crippen LogP contribution is 2.25. The number of nitrogens with zero attached hydrogens (tertiary/aromatic N) is 7. The molecule has 6 rings (SSSR count). The number of hydrogen-bond acceptors (Lipinski definition) is 7. The number of quaternary nitrogens is 1. The molecule has 0 radical (unpaired) electrons. The van der Waals surface area contributed by atoms with Gasteiger partial charge in [-0.25, -0.2) is 4.98 Å². The van der Waals surface area contributed by atoms with Crippen molar-refractivity contribution in [1.29, 1.82) is 0 Å². The quantitative estimate of drug-likeness (QED) is 0.243. The molecular weight excluding hydrogens is 420 g/mol. The highest BCUT2D eigenvalue weighted by Gasteiger charge is 2.38. The number of aromatic nitrogens is 2. The molecule has 0 aliphatic carbocycles. The fraction of sp³-hybridized carbons (Fsp3) is 0.435. The molecule has 0 amide bonds. The number of anilines is 1. The summed E-state index contributed by atoms with van der Waals surface area (Å²) in [6.07, 6.45) is 0. The van der Waals surface area contributed by atoms with Crippen molar-refractivity contribution < 1.29 is 9.41 Å². The Kier molecular flexibility index (Phi) is 5.77. The lowest BCUT2D eigenvalue weighted by Crippen LogP contribution is -2.68. The molecule has 0 atom stereocenters. The predicted octanol–water partition coefficient (Wildman–Crippen LogP) is 3.86. The largest absolute Gasteiger partial charge is 0.366 e. The highest BCUT2D eigenvalue weighted by atomic mass is 16.6. The number of hydrogen-bond donors (Lipinski definition) is 1. The summed E-state index contributed by atoms with van der Waals surface area (Å²) in [6.45, 7) is 13.0. The van der Waals surface area contributed by atoms with Gasteiger partial charge < -0.3 is 14.4 Å². The van der Waals surface area contributed by atoms with Gasteiger partial charge in [-0.3, -0.25) is 15.0 Å². The van der Waals surface area contributed by atoms with Gasteiger partial charge in [0.2, 0.25) is 5.95 Å². The molecule has 3 aliphatic rings. The van der Waals surface area contributed by atoms with Crippen LogP contribution >= 0.6 is 0 Å². The Balaban J connectivity index is 1.23. The van der Waals surface area contributed by atoms with Crippen LogP contribution in [-0.2, 0) is 0 Å². The summed E-state index contributed by atoms with van der Waals surface area (Å²) in [4.78, 5) is 22.8. The van der Waals surface area contributed by atoms with E-state index in [0.717, 1.165) is 18.8 Å². The van der Waals surface area contributed by atoms with Crippen LogP contribution in [-0.4, -0.2) is 83.2 Å². The standard InChI is InChI=1S/C23H29N8O2/c1-2-29(12-16-31-13-9-28(10-14-31)11-15-31)19-5-3-18(4-6-19)26-27-23-24-21-8-7-20(30(32)33)17-22(21)25-23/h3-8,17H,2,9-16H2,1H3,(H,24,25)/q+1. The van der Waals surface area contributed by atoms with Crippen molar-refractivity contribution in [2.45, 2.75) is 6.92 Å². The van der Waals surface area contributed by atoms with Gasteiger partial charge in [0.1, 0.15) is 0 Å². The van der Waals surface area contributed by atoms with E-state index in [9.17, 15) is 10.1 Å². The monoisotopic (exact) mass is 449 g/mol. The molecule has 2 aromatic carbocycles. The van der Waals surface area contributed by atoms with Crippen LogP contribution in [0.4, 0.5) is 23.0 Å². The van der Waals surface area contributed by atoms with Crippen molar-refractivity contribution in [1.82, 2.24) is 14.9 Å². The molecule has 3 aromatic rings. The summed E-state index contributed by atoms with van der Waals surface area (Å²) in [6, 6.07) is 12.6. The van der Waals surface area contributed by atoms with Crippen molar-refractivity contribution in [3.05, 3.63) is 52.6 Å². The van der Waals surface area contributed by atoms with Gasteiger partial charge in [-0.1, -0.05) is 0 Å². The number of rotatable bonds is 8. The third-order valence-electron chi connectivity index (χ3n) is 7.04. The Morgan fingerprint density at radius 3 is 2.52 bits per heavy atom. The smallest absolute Gasteiger partial charge is 0.271 e. The van der Waals surface area contributed by atoms with Crippen molar-refractivity contribution >= 4 is 34.0 Å². The van der Waals surface area contributed by atoms with Gasteiger partial charge in [0.25, 0.3) is 5.69 Å². The number of nitro groups is 1. The minimum absolute atomic E-state index is 0.000835. The lowest BCUT2D eigenvalue weighted by Gasteiger charge is -2.51. The number of nitrogens with one attached hydrogen (secondary N) is 1. The minimum atomic E-state index is -0.438. The average molecular weight is 450 g/mol. The molecule has 0 spiro atoms. The van der Waals surface area contributed by atoms with E-state index in [4.69, 9.17) is 0 Å².